The molecule has 8 heteroatoms. The minimum atomic E-state index is -3.92. The molecule has 3 aromatic rings. The lowest BCUT2D eigenvalue weighted by molar-refractivity contribution is 0.102. The molecule has 0 saturated carbocycles. The minimum absolute atomic E-state index is 0.0453. The zero-order chi connectivity index (χ0) is 20.9. The number of ether oxygens (including phenoxy) is 2. The topological polar surface area (TPSA) is 93.7 Å². The van der Waals surface area contributed by atoms with E-state index in [4.69, 9.17) is 9.47 Å². The minimum Gasteiger partial charge on any atom is -0.495 e. The summed E-state index contributed by atoms with van der Waals surface area (Å²) in [6, 6.07) is 19.4. The normalized spacial score (nSPS) is 10.8. The maximum Gasteiger partial charge on any atom is 0.262 e. The van der Waals surface area contributed by atoms with Crippen molar-refractivity contribution < 1.29 is 22.7 Å². The van der Waals surface area contributed by atoms with Gasteiger partial charge in [0.25, 0.3) is 15.9 Å². The maximum atomic E-state index is 12.8. The number of benzene rings is 3. The van der Waals surface area contributed by atoms with Gasteiger partial charge < -0.3 is 14.8 Å². The molecule has 0 fully saturated rings. The van der Waals surface area contributed by atoms with E-state index in [2.05, 4.69) is 10.0 Å². The van der Waals surface area contributed by atoms with Gasteiger partial charge in [0.15, 0.2) is 0 Å². The van der Waals surface area contributed by atoms with Crippen molar-refractivity contribution in [2.75, 3.05) is 24.3 Å². The lowest BCUT2D eigenvalue weighted by Gasteiger charge is -2.13. The highest BCUT2D eigenvalue weighted by Crippen LogP contribution is 2.27. The Morgan fingerprint density at radius 1 is 0.793 bits per heavy atom. The number of anilines is 2. The van der Waals surface area contributed by atoms with Crippen LogP contribution in [0.2, 0.25) is 0 Å². The first-order valence-corrected chi connectivity index (χ1v) is 10.1. The average molecular weight is 412 g/mol. The van der Waals surface area contributed by atoms with Crippen molar-refractivity contribution in [3.63, 3.8) is 0 Å². The third-order valence-electron chi connectivity index (χ3n) is 4.11. The van der Waals surface area contributed by atoms with E-state index in [1.54, 1.807) is 48.5 Å². The van der Waals surface area contributed by atoms with Gasteiger partial charge >= 0.3 is 0 Å². The summed E-state index contributed by atoms with van der Waals surface area (Å²) in [4.78, 5) is 12.6. The largest absolute Gasteiger partial charge is 0.495 e. The zero-order valence-corrected chi connectivity index (χ0v) is 16.7. The lowest BCUT2D eigenvalue weighted by atomic mass is 10.2. The van der Waals surface area contributed by atoms with Gasteiger partial charge in [-0.15, -0.1) is 0 Å². The number of para-hydroxylation sites is 4. The second-order valence-electron chi connectivity index (χ2n) is 5.99. The highest BCUT2D eigenvalue weighted by atomic mass is 32.2. The van der Waals surface area contributed by atoms with Crippen LogP contribution in [0.3, 0.4) is 0 Å². The molecule has 0 unspecified atom stereocenters. The Labute approximate surface area is 169 Å². The number of sulfonamides is 1. The number of nitrogens with one attached hydrogen (secondary N) is 2. The van der Waals surface area contributed by atoms with Gasteiger partial charge in [0, 0.05) is 5.56 Å². The molecule has 0 bridgehead atoms. The van der Waals surface area contributed by atoms with Crippen molar-refractivity contribution in [3.05, 3.63) is 78.4 Å². The number of rotatable bonds is 7. The molecule has 2 N–H and O–H groups in total. The zero-order valence-electron chi connectivity index (χ0n) is 15.9. The Hall–Kier alpha value is -3.52. The number of amides is 1. The first-order valence-electron chi connectivity index (χ1n) is 8.65. The standard InChI is InChI=1S/C21H20N2O5S/c1-27-19-12-5-3-10-17(19)22-21(24)15-8-7-9-16(14-15)29(25,26)23-18-11-4-6-13-20(18)28-2/h3-14,23H,1-2H3,(H,22,24). The van der Waals surface area contributed by atoms with Crippen LogP contribution in [-0.4, -0.2) is 28.5 Å². The van der Waals surface area contributed by atoms with Crippen LogP contribution >= 0.6 is 0 Å². The van der Waals surface area contributed by atoms with Gasteiger partial charge in [-0.3, -0.25) is 9.52 Å². The fourth-order valence-electron chi connectivity index (χ4n) is 2.68. The van der Waals surface area contributed by atoms with E-state index in [1.165, 1.54) is 38.5 Å². The van der Waals surface area contributed by atoms with E-state index in [-0.39, 0.29) is 10.5 Å². The van der Waals surface area contributed by atoms with Crippen LogP contribution < -0.4 is 19.5 Å². The number of carbonyl (C=O) groups excluding carboxylic acids is 1. The number of hydrogen-bond acceptors (Lipinski definition) is 5. The van der Waals surface area contributed by atoms with Crippen LogP contribution in [0, 0.1) is 0 Å². The van der Waals surface area contributed by atoms with Gasteiger partial charge in [-0.25, -0.2) is 8.42 Å². The van der Waals surface area contributed by atoms with Crippen molar-refractivity contribution in [2.45, 2.75) is 4.90 Å². The third kappa shape index (κ3) is 4.67. The predicted octanol–water partition coefficient (Wildman–Crippen LogP) is 3.76. The van der Waals surface area contributed by atoms with Gasteiger partial charge in [-0.05, 0) is 42.5 Å². The summed E-state index contributed by atoms with van der Waals surface area (Å²) >= 11 is 0. The van der Waals surface area contributed by atoms with E-state index in [1.807, 2.05) is 0 Å². The monoisotopic (exact) mass is 412 g/mol. The second-order valence-corrected chi connectivity index (χ2v) is 7.67. The summed E-state index contributed by atoms with van der Waals surface area (Å²) < 4.78 is 38.4. The summed E-state index contributed by atoms with van der Waals surface area (Å²) in [5.74, 6) is 0.437. The van der Waals surface area contributed by atoms with Crippen molar-refractivity contribution in [1.82, 2.24) is 0 Å². The fraction of sp³-hybridized carbons (Fsp3) is 0.0952. The van der Waals surface area contributed by atoms with Gasteiger partial charge in [0.1, 0.15) is 11.5 Å². The van der Waals surface area contributed by atoms with Gasteiger partial charge in [0.05, 0.1) is 30.5 Å². The molecule has 0 radical (unpaired) electrons. The van der Waals surface area contributed by atoms with E-state index in [9.17, 15) is 13.2 Å². The smallest absolute Gasteiger partial charge is 0.262 e. The van der Waals surface area contributed by atoms with E-state index < -0.39 is 15.9 Å². The number of carbonyl (C=O) groups is 1. The Balaban J connectivity index is 1.85. The highest BCUT2D eigenvalue weighted by Gasteiger charge is 2.18. The molecule has 0 spiro atoms. The van der Waals surface area contributed by atoms with Crippen LogP contribution in [0.1, 0.15) is 10.4 Å². The molecular formula is C21H20N2O5S. The first kappa shape index (κ1) is 20.2. The second kappa shape index (κ2) is 8.66. The summed E-state index contributed by atoms with van der Waals surface area (Å²) in [5, 5.41) is 2.73. The maximum absolute atomic E-state index is 12.8. The Kier molecular flexibility index (Phi) is 6.04. The molecule has 0 heterocycles. The third-order valence-corrected chi connectivity index (χ3v) is 5.48. The summed E-state index contributed by atoms with van der Waals surface area (Å²) in [6.45, 7) is 0. The molecule has 0 saturated heterocycles. The lowest BCUT2D eigenvalue weighted by Crippen LogP contribution is -2.16. The summed E-state index contributed by atoms with van der Waals surface area (Å²) in [6.07, 6.45) is 0. The summed E-state index contributed by atoms with van der Waals surface area (Å²) in [5.41, 5.74) is 0.984. The van der Waals surface area contributed by atoms with E-state index in [0.717, 1.165) is 0 Å². The molecule has 29 heavy (non-hydrogen) atoms. The SMILES string of the molecule is COc1ccccc1NC(=O)c1cccc(S(=O)(=O)Nc2ccccc2OC)c1. The van der Waals surface area contributed by atoms with Crippen LogP contribution in [-0.2, 0) is 10.0 Å². The quantitative estimate of drug-likeness (QED) is 0.616. The van der Waals surface area contributed by atoms with Gasteiger partial charge in [-0.1, -0.05) is 30.3 Å². The molecular weight excluding hydrogens is 392 g/mol. The molecule has 1 amide bonds. The van der Waals surface area contributed by atoms with E-state index >= 15 is 0 Å². The molecule has 7 nitrogen and oxygen atoms in total. The summed E-state index contributed by atoms with van der Waals surface area (Å²) in [7, 11) is -0.966. The predicted molar refractivity (Wildman–Crippen MR) is 111 cm³/mol. The Bertz CT molecular complexity index is 1130. The molecule has 0 aromatic heterocycles. The van der Waals surface area contributed by atoms with E-state index in [0.29, 0.717) is 22.9 Å². The molecule has 150 valence electrons. The average Bonchev–Trinajstić information content (AvgIpc) is 2.74. The molecule has 3 rings (SSSR count). The molecule has 0 aliphatic heterocycles. The number of hydrogen-bond donors (Lipinski definition) is 2. The number of methoxy groups -OCH3 is 2. The van der Waals surface area contributed by atoms with Crippen LogP contribution in [0.25, 0.3) is 0 Å². The van der Waals surface area contributed by atoms with Gasteiger partial charge in [-0.2, -0.15) is 0 Å². The molecule has 0 aliphatic carbocycles. The first-order chi connectivity index (χ1) is 13.9. The van der Waals surface area contributed by atoms with Crippen LogP contribution in [0.5, 0.6) is 11.5 Å². The van der Waals surface area contributed by atoms with Crippen molar-refractivity contribution in [1.29, 1.82) is 0 Å². The Morgan fingerprint density at radius 3 is 2.03 bits per heavy atom. The molecule has 3 aromatic carbocycles. The van der Waals surface area contributed by atoms with Gasteiger partial charge in [0.2, 0.25) is 0 Å². The van der Waals surface area contributed by atoms with Crippen molar-refractivity contribution >= 4 is 27.3 Å². The fourth-order valence-corrected chi connectivity index (χ4v) is 3.80. The van der Waals surface area contributed by atoms with Crippen molar-refractivity contribution in [2.24, 2.45) is 0 Å². The Morgan fingerprint density at radius 2 is 1.38 bits per heavy atom. The highest BCUT2D eigenvalue weighted by molar-refractivity contribution is 7.92. The van der Waals surface area contributed by atoms with Crippen LogP contribution in [0.4, 0.5) is 11.4 Å². The molecule has 0 aliphatic rings. The van der Waals surface area contributed by atoms with Crippen molar-refractivity contribution in [3.8, 4) is 11.5 Å². The van der Waals surface area contributed by atoms with Crippen LogP contribution in [0.15, 0.2) is 77.7 Å². The molecule has 0 atom stereocenters.